The van der Waals surface area contributed by atoms with Crippen LogP contribution in [0.25, 0.3) is 0 Å². The van der Waals surface area contributed by atoms with Crippen LogP contribution in [0.15, 0.2) is 53.4 Å². The van der Waals surface area contributed by atoms with E-state index >= 15 is 0 Å². The van der Waals surface area contributed by atoms with Gasteiger partial charge in [0.1, 0.15) is 5.82 Å². The van der Waals surface area contributed by atoms with Crippen LogP contribution in [0.2, 0.25) is 0 Å². The predicted octanol–water partition coefficient (Wildman–Crippen LogP) is 4.38. The minimum Gasteiger partial charge on any atom is -0.207 e. The maximum absolute atomic E-state index is 12.9. The third-order valence-corrected chi connectivity index (χ3v) is 5.63. The number of hydrogen-bond acceptors (Lipinski definition) is 2. The minimum absolute atomic E-state index is 0.0574. The van der Waals surface area contributed by atoms with E-state index in [1.807, 2.05) is 24.3 Å². The first-order chi connectivity index (χ1) is 10.8. The number of halogens is 1. The summed E-state index contributed by atoms with van der Waals surface area (Å²) in [7, 11) is -3.67. The van der Waals surface area contributed by atoms with Gasteiger partial charge in [-0.1, -0.05) is 38.1 Å². The van der Waals surface area contributed by atoms with Crippen molar-refractivity contribution in [3.8, 4) is 0 Å². The highest BCUT2D eigenvalue weighted by atomic mass is 32.2. The summed E-state index contributed by atoms with van der Waals surface area (Å²) in [4.78, 5) is 0.0574. The lowest BCUT2D eigenvalue weighted by Crippen LogP contribution is -2.26. The van der Waals surface area contributed by atoms with Crippen molar-refractivity contribution in [1.29, 1.82) is 0 Å². The van der Waals surface area contributed by atoms with Gasteiger partial charge in [-0.3, -0.25) is 0 Å². The second kappa shape index (κ2) is 7.23. The van der Waals surface area contributed by atoms with Crippen LogP contribution in [0.4, 0.5) is 4.39 Å². The van der Waals surface area contributed by atoms with Crippen molar-refractivity contribution in [3.05, 3.63) is 65.5 Å². The van der Waals surface area contributed by atoms with Crippen LogP contribution in [0, 0.1) is 5.82 Å². The van der Waals surface area contributed by atoms with Crippen LogP contribution in [0.1, 0.15) is 50.3 Å². The maximum Gasteiger partial charge on any atom is 0.241 e. The molecule has 0 saturated heterocycles. The Hall–Kier alpha value is -1.72. The summed E-state index contributed by atoms with van der Waals surface area (Å²) >= 11 is 0. The van der Waals surface area contributed by atoms with E-state index in [0.717, 1.165) is 24.1 Å². The predicted molar refractivity (Wildman–Crippen MR) is 90.3 cm³/mol. The van der Waals surface area contributed by atoms with Gasteiger partial charge in [0.05, 0.1) is 4.90 Å². The van der Waals surface area contributed by atoms with Crippen molar-refractivity contribution in [1.82, 2.24) is 4.72 Å². The molecule has 0 saturated carbocycles. The van der Waals surface area contributed by atoms with Crippen LogP contribution in [0.5, 0.6) is 0 Å². The zero-order chi connectivity index (χ0) is 17.0. The van der Waals surface area contributed by atoms with Crippen LogP contribution in [0.3, 0.4) is 0 Å². The summed E-state index contributed by atoms with van der Waals surface area (Å²) in [6.07, 6.45) is 1.06. The molecular weight excluding hydrogens is 313 g/mol. The highest BCUT2D eigenvalue weighted by Crippen LogP contribution is 2.22. The molecule has 0 spiro atoms. The van der Waals surface area contributed by atoms with E-state index in [9.17, 15) is 12.8 Å². The number of sulfonamides is 1. The topological polar surface area (TPSA) is 46.2 Å². The number of benzene rings is 2. The minimum atomic E-state index is -3.67. The summed E-state index contributed by atoms with van der Waals surface area (Å²) in [6.45, 7) is 6.09. The van der Waals surface area contributed by atoms with Gasteiger partial charge in [-0.05, 0) is 54.7 Å². The summed E-state index contributed by atoms with van der Waals surface area (Å²) in [6, 6.07) is 12.4. The van der Waals surface area contributed by atoms with Gasteiger partial charge in [0.2, 0.25) is 10.0 Å². The van der Waals surface area contributed by atoms with Gasteiger partial charge in [-0.25, -0.2) is 17.5 Å². The van der Waals surface area contributed by atoms with E-state index in [2.05, 4.69) is 18.6 Å². The fraction of sp³-hybridized carbons (Fsp3) is 0.333. The van der Waals surface area contributed by atoms with Crippen LogP contribution in [-0.2, 0) is 10.0 Å². The Labute approximate surface area is 137 Å². The first-order valence-electron chi connectivity index (χ1n) is 7.71. The lowest BCUT2D eigenvalue weighted by molar-refractivity contribution is 0.566. The first-order valence-corrected chi connectivity index (χ1v) is 9.19. The van der Waals surface area contributed by atoms with Gasteiger partial charge in [0.15, 0.2) is 0 Å². The number of hydrogen-bond donors (Lipinski definition) is 1. The molecule has 0 fully saturated rings. The van der Waals surface area contributed by atoms with Crippen LogP contribution in [-0.4, -0.2) is 8.42 Å². The molecule has 0 heterocycles. The first kappa shape index (κ1) is 17.6. The van der Waals surface area contributed by atoms with E-state index in [-0.39, 0.29) is 10.9 Å². The molecule has 23 heavy (non-hydrogen) atoms. The Balaban J connectivity index is 2.14. The quantitative estimate of drug-likeness (QED) is 0.851. The lowest BCUT2D eigenvalue weighted by Gasteiger charge is -2.16. The summed E-state index contributed by atoms with van der Waals surface area (Å²) in [5.41, 5.74) is 2.13. The molecule has 3 nitrogen and oxygen atoms in total. The average molecular weight is 335 g/mol. The zero-order valence-electron chi connectivity index (χ0n) is 13.6. The molecule has 2 atom stereocenters. The van der Waals surface area contributed by atoms with E-state index in [1.54, 1.807) is 6.92 Å². The molecule has 0 aliphatic rings. The molecule has 2 aromatic rings. The highest BCUT2D eigenvalue weighted by Gasteiger charge is 2.18. The number of rotatable bonds is 6. The maximum atomic E-state index is 12.9. The van der Waals surface area contributed by atoms with Gasteiger partial charge >= 0.3 is 0 Å². The fourth-order valence-electron chi connectivity index (χ4n) is 2.33. The normalized spacial score (nSPS) is 14.4. The van der Waals surface area contributed by atoms with Gasteiger partial charge in [-0.2, -0.15) is 0 Å². The molecule has 0 aliphatic heterocycles. The van der Waals surface area contributed by atoms with Crippen molar-refractivity contribution in [3.63, 3.8) is 0 Å². The van der Waals surface area contributed by atoms with Crippen molar-refractivity contribution in [2.24, 2.45) is 0 Å². The Bertz CT molecular complexity index is 740. The molecule has 2 rings (SSSR count). The molecule has 1 N–H and O–H groups in total. The van der Waals surface area contributed by atoms with Crippen LogP contribution < -0.4 is 4.72 Å². The van der Waals surface area contributed by atoms with Crippen molar-refractivity contribution in [2.75, 3.05) is 0 Å². The Morgan fingerprint density at radius 3 is 2.00 bits per heavy atom. The second-order valence-electron chi connectivity index (χ2n) is 5.77. The third-order valence-electron chi connectivity index (χ3n) is 4.07. The van der Waals surface area contributed by atoms with E-state index < -0.39 is 15.8 Å². The fourth-order valence-corrected chi connectivity index (χ4v) is 3.56. The van der Waals surface area contributed by atoms with E-state index in [4.69, 9.17) is 0 Å². The van der Waals surface area contributed by atoms with Crippen molar-refractivity contribution >= 4 is 10.0 Å². The second-order valence-corrected chi connectivity index (χ2v) is 7.49. The summed E-state index contributed by atoms with van der Waals surface area (Å²) in [5.74, 6) is 0.0212. The Kier molecular flexibility index (Phi) is 5.55. The molecule has 0 radical (unpaired) electrons. The SMILES string of the molecule is CCC(C)c1ccc(C(C)NS(=O)(=O)c2ccc(F)cc2)cc1. The molecular formula is C18H22FNO2S. The van der Waals surface area contributed by atoms with E-state index in [0.29, 0.717) is 5.92 Å². The van der Waals surface area contributed by atoms with Gasteiger partial charge in [0, 0.05) is 6.04 Å². The van der Waals surface area contributed by atoms with Gasteiger partial charge in [-0.15, -0.1) is 0 Å². The molecule has 124 valence electrons. The highest BCUT2D eigenvalue weighted by molar-refractivity contribution is 7.89. The number of nitrogens with one attached hydrogen (secondary N) is 1. The molecule has 0 bridgehead atoms. The smallest absolute Gasteiger partial charge is 0.207 e. The monoisotopic (exact) mass is 335 g/mol. The van der Waals surface area contributed by atoms with Crippen molar-refractivity contribution in [2.45, 2.75) is 44.0 Å². The summed E-state index contributed by atoms with van der Waals surface area (Å²) < 4.78 is 40.2. The Morgan fingerprint density at radius 1 is 0.957 bits per heavy atom. The third kappa shape index (κ3) is 4.39. The molecule has 0 amide bonds. The van der Waals surface area contributed by atoms with Crippen molar-refractivity contribution < 1.29 is 12.8 Å². The van der Waals surface area contributed by atoms with E-state index in [1.165, 1.54) is 17.7 Å². The largest absolute Gasteiger partial charge is 0.241 e. The standard InChI is InChI=1S/C18H22FNO2S/c1-4-13(2)15-5-7-16(8-6-15)14(3)20-23(21,22)18-11-9-17(19)10-12-18/h5-14,20H,4H2,1-3H3. The molecule has 2 aromatic carbocycles. The lowest BCUT2D eigenvalue weighted by atomic mass is 9.96. The van der Waals surface area contributed by atoms with Crippen LogP contribution >= 0.6 is 0 Å². The molecule has 0 aromatic heterocycles. The molecule has 2 unspecified atom stereocenters. The Morgan fingerprint density at radius 2 is 1.48 bits per heavy atom. The summed E-state index contributed by atoms with van der Waals surface area (Å²) in [5, 5.41) is 0. The molecule has 5 heteroatoms. The molecule has 0 aliphatic carbocycles. The average Bonchev–Trinajstić information content (AvgIpc) is 2.54. The zero-order valence-corrected chi connectivity index (χ0v) is 14.4. The van der Waals surface area contributed by atoms with Gasteiger partial charge < -0.3 is 0 Å². The van der Waals surface area contributed by atoms with Gasteiger partial charge in [0.25, 0.3) is 0 Å².